The number of pyridine rings is 1. The predicted octanol–water partition coefficient (Wildman–Crippen LogP) is 3.64. The Kier molecular flexibility index (Phi) is 3.74. The third-order valence-electron chi connectivity index (χ3n) is 4.25. The van der Waals surface area contributed by atoms with E-state index >= 15 is 0 Å². The van der Waals surface area contributed by atoms with E-state index in [0.29, 0.717) is 18.1 Å². The van der Waals surface area contributed by atoms with Crippen LogP contribution in [-0.2, 0) is 4.74 Å². The lowest BCUT2D eigenvalue weighted by Crippen LogP contribution is -2.16. The third kappa shape index (κ3) is 2.55. The Morgan fingerprint density at radius 3 is 3.04 bits per heavy atom. The second kappa shape index (κ2) is 6.05. The molecule has 4 rings (SSSR count). The summed E-state index contributed by atoms with van der Waals surface area (Å²) in [6, 6.07) is 7.61. The van der Waals surface area contributed by atoms with E-state index in [1.165, 1.54) is 6.39 Å². The molecule has 1 aliphatic rings. The van der Waals surface area contributed by atoms with Crippen LogP contribution in [0.5, 0.6) is 0 Å². The molecule has 0 saturated carbocycles. The number of nitrogens with one attached hydrogen (secondary N) is 1. The zero-order valence-corrected chi connectivity index (χ0v) is 13.3. The summed E-state index contributed by atoms with van der Waals surface area (Å²) in [6.45, 7) is 2.68. The summed E-state index contributed by atoms with van der Waals surface area (Å²) < 4.78 is 11.0. The summed E-state index contributed by atoms with van der Waals surface area (Å²) in [5.74, 6) is 0.197. The molecule has 1 atom stereocenters. The molecule has 0 aliphatic carbocycles. The van der Waals surface area contributed by atoms with Gasteiger partial charge >= 0.3 is 0 Å². The number of fused-ring (bicyclic) bond motifs is 1. The zero-order chi connectivity index (χ0) is 16.5. The van der Waals surface area contributed by atoms with Crippen molar-refractivity contribution in [1.82, 2.24) is 9.97 Å². The minimum atomic E-state index is -0.303. The molecule has 1 aliphatic heterocycles. The average Bonchev–Trinajstić information content (AvgIpc) is 3.28. The first-order valence-corrected chi connectivity index (χ1v) is 7.94. The fraction of sp³-hybridized carbons (Fsp3) is 0.278. The minimum Gasteiger partial charge on any atom is -0.445 e. The molecule has 1 N–H and O–H groups in total. The molecule has 3 aromatic rings. The number of aromatic nitrogens is 2. The predicted molar refractivity (Wildman–Crippen MR) is 88.9 cm³/mol. The Labute approximate surface area is 138 Å². The van der Waals surface area contributed by atoms with E-state index in [2.05, 4.69) is 15.3 Å². The molecule has 1 amide bonds. The minimum absolute atomic E-state index is 0.190. The molecule has 24 heavy (non-hydrogen) atoms. The maximum absolute atomic E-state index is 12.7. The fourth-order valence-corrected chi connectivity index (χ4v) is 3.04. The largest absolute Gasteiger partial charge is 0.445 e. The van der Waals surface area contributed by atoms with Gasteiger partial charge in [-0.05, 0) is 43.5 Å². The van der Waals surface area contributed by atoms with Gasteiger partial charge in [-0.15, -0.1) is 0 Å². The lowest BCUT2D eigenvalue weighted by Gasteiger charge is -2.11. The van der Waals surface area contributed by atoms with Crippen molar-refractivity contribution in [1.29, 1.82) is 0 Å². The lowest BCUT2D eigenvalue weighted by atomic mass is 10.1. The maximum atomic E-state index is 12.7. The highest BCUT2D eigenvalue weighted by atomic mass is 16.5. The van der Waals surface area contributed by atoms with Gasteiger partial charge in [0.25, 0.3) is 5.91 Å². The average molecular weight is 323 g/mol. The van der Waals surface area contributed by atoms with Gasteiger partial charge in [0, 0.05) is 18.2 Å². The Hall–Kier alpha value is -2.73. The molecular formula is C18H17N3O3. The first-order chi connectivity index (χ1) is 11.7. The van der Waals surface area contributed by atoms with Crippen LogP contribution in [0.3, 0.4) is 0 Å². The van der Waals surface area contributed by atoms with E-state index in [-0.39, 0.29) is 17.7 Å². The van der Waals surface area contributed by atoms with Gasteiger partial charge in [-0.2, -0.15) is 0 Å². The monoisotopic (exact) mass is 323 g/mol. The molecular weight excluding hydrogens is 306 g/mol. The first kappa shape index (κ1) is 14.8. The second-order valence-corrected chi connectivity index (χ2v) is 5.85. The molecule has 122 valence electrons. The molecule has 1 aromatic carbocycles. The quantitative estimate of drug-likeness (QED) is 0.796. The highest BCUT2D eigenvalue weighted by Crippen LogP contribution is 2.31. The van der Waals surface area contributed by atoms with Crippen LogP contribution in [0.2, 0.25) is 0 Å². The summed E-state index contributed by atoms with van der Waals surface area (Å²) >= 11 is 0. The van der Waals surface area contributed by atoms with Crippen molar-refractivity contribution in [2.45, 2.75) is 25.9 Å². The van der Waals surface area contributed by atoms with E-state index in [1.807, 2.05) is 31.2 Å². The van der Waals surface area contributed by atoms with Crippen LogP contribution in [-0.4, -0.2) is 22.5 Å². The Morgan fingerprint density at radius 2 is 2.21 bits per heavy atom. The molecule has 6 heteroatoms. The molecule has 0 bridgehead atoms. The van der Waals surface area contributed by atoms with Crippen molar-refractivity contribution in [2.75, 3.05) is 11.9 Å². The van der Waals surface area contributed by atoms with E-state index < -0.39 is 0 Å². The van der Waals surface area contributed by atoms with Crippen molar-refractivity contribution in [2.24, 2.45) is 0 Å². The first-order valence-electron chi connectivity index (χ1n) is 7.94. The molecule has 2 aromatic heterocycles. The SMILES string of the molecule is Cc1ccc(NC(=O)c2ncoc2[C@@H]2CCCO2)c2cccnc12. The van der Waals surface area contributed by atoms with Crippen molar-refractivity contribution in [3.63, 3.8) is 0 Å². The van der Waals surface area contributed by atoms with Crippen LogP contribution in [0.15, 0.2) is 41.3 Å². The van der Waals surface area contributed by atoms with Crippen LogP contribution in [0.4, 0.5) is 5.69 Å². The number of carbonyl (C=O) groups is 1. The summed E-state index contributed by atoms with van der Waals surface area (Å²) in [5, 5.41) is 3.82. The molecule has 0 radical (unpaired) electrons. The van der Waals surface area contributed by atoms with Gasteiger partial charge in [0.05, 0.1) is 11.2 Å². The number of nitrogens with zero attached hydrogens (tertiary/aromatic N) is 2. The molecule has 6 nitrogen and oxygen atoms in total. The van der Waals surface area contributed by atoms with E-state index in [0.717, 1.165) is 29.3 Å². The number of carbonyl (C=O) groups excluding carboxylic acids is 1. The highest BCUT2D eigenvalue weighted by molar-refractivity contribution is 6.08. The number of benzene rings is 1. The number of ether oxygens (including phenoxy) is 1. The van der Waals surface area contributed by atoms with Gasteiger partial charge in [0.2, 0.25) is 0 Å². The Balaban J connectivity index is 1.66. The summed E-state index contributed by atoms with van der Waals surface area (Å²) in [5.41, 5.74) is 2.91. The number of anilines is 1. The van der Waals surface area contributed by atoms with Gasteiger partial charge in [0.1, 0.15) is 6.10 Å². The number of aryl methyl sites for hydroxylation is 1. The van der Waals surface area contributed by atoms with Crippen molar-refractivity contribution in [3.8, 4) is 0 Å². The van der Waals surface area contributed by atoms with Crippen molar-refractivity contribution in [3.05, 3.63) is 53.9 Å². The van der Waals surface area contributed by atoms with Crippen LogP contribution >= 0.6 is 0 Å². The van der Waals surface area contributed by atoms with Crippen LogP contribution < -0.4 is 5.32 Å². The third-order valence-corrected chi connectivity index (χ3v) is 4.25. The summed E-state index contributed by atoms with van der Waals surface area (Å²) in [4.78, 5) is 21.1. The van der Waals surface area contributed by atoms with E-state index in [4.69, 9.17) is 9.15 Å². The van der Waals surface area contributed by atoms with Gasteiger partial charge in [0.15, 0.2) is 17.8 Å². The normalized spacial score (nSPS) is 17.3. The molecule has 1 saturated heterocycles. The topological polar surface area (TPSA) is 77.2 Å². The molecule has 3 heterocycles. The van der Waals surface area contributed by atoms with Crippen LogP contribution in [0, 0.1) is 6.92 Å². The van der Waals surface area contributed by atoms with Gasteiger partial charge in [-0.3, -0.25) is 9.78 Å². The zero-order valence-electron chi connectivity index (χ0n) is 13.3. The Morgan fingerprint density at radius 1 is 1.29 bits per heavy atom. The fourth-order valence-electron chi connectivity index (χ4n) is 3.04. The number of rotatable bonds is 3. The number of hydrogen-bond acceptors (Lipinski definition) is 5. The second-order valence-electron chi connectivity index (χ2n) is 5.85. The maximum Gasteiger partial charge on any atom is 0.278 e. The molecule has 1 fully saturated rings. The summed E-state index contributed by atoms with van der Waals surface area (Å²) in [7, 11) is 0. The van der Waals surface area contributed by atoms with E-state index in [9.17, 15) is 4.79 Å². The van der Waals surface area contributed by atoms with Gasteiger partial charge < -0.3 is 14.5 Å². The number of amides is 1. The van der Waals surface area contributed by atoms with Crippen LogP contribution in [0.25, 0.3) is 10.9 Å². The standard InChI is InChI=1S/C18H17N3O3/c1-11-6-7-13(12-4-2-8-19-15(11)12)21-18(22)16-17(24-10-20-16)14-5-3-9-23-14/h2,4,6-8,10,14H,3,5,9H2,1H3,(H,21,22)/t14-/m0/s1. The number of oxazole rings is 1. The lowest BCUT2D eigenvalue weighted by molar-refractivity contribution is 0.0889. The Bertz CT molecular complexity index is 897. The van der Waals surface area contributed by atoms with Crippen molar-refractivity contribution >= 4 is 22.5 Å². The van der Waals surface area contributed by atoms with Gasteiger partial charge in [-0.1, -0.05) is 6.07 Å². The summed E-state index contributed by atoms with van der Waals surface area (Å²) in [6.07, 6.45) is 4.65. The molecule has 0 unspecified atom stereocenters. The van der Waals surface area contributed by atoms with Crippen molar-refractivity contribution < 1.29 is 13.9 Å². The van der Waals surface area contributed by atoms with Gasteiger partial charge in [-0.25, -0.2) is 4.98 Å². The highest BCUT2D eigenvalue weighted by Gasteiger charge is 2.28. The van der Waals surface area contributed by atoms with E-state index in [1.54, 1.807) is 6.20 Å². The number of hydrogen-bond donors (Lipinski definition) is 1. The van der Waals surface area contributed by atoms with Crippen LogP contribution in [0.1, 0.15) is 40.8 Å². The smallest absolute Gasteiger partial charge is 0.278 e. The molecule has 0 spiro atoms.